The van der Waals surface area contributed by atoms with Crippen molar-refractivity contribution in [2.75, 3.05) is 14.2 Å². The minimum Gasteiger partial charge on any atom is -0.496 e. The predicted molar refractivity (Wildman–Crippen MR) is 76.4 cm³/mol. The highest BCUT2D eigenvalue weighted by molar-refractivity contribution is 7.18. The number of hydrogen-bond donors (Lipinski definition) is 0. The van der Waals surface area contributed by atoms with Crippen molar-refractivity contribution in [1.82, 2.24) is 0 Å². The largest absolute Gasteiger partial charge is 0.496 e. The van der Waals surface area contributed by atoms with Gasteiger partial charge in [-0.25, -0.2) is 0 Å². The fraction of sp³-hybridized carbons (Fsp3) is 0.571. The first-order valence-corrected chi connectivity index (χ1v) is 6.44. The molecule has 0 saturated carbocycles. The summed E-state index contributed by atoms with van der Waals surface area (Å²) in [6, 6.07) is 4.21. The van der Waals surface area contributed by atoms with Crippen molar-refractivity contribution < 1.29 is 9.47 Å². The fourth-order valence-corrected chi connectivity index (χ4v) is 2.19. The Morgan fingerprint density at radius 3 is 1.71 bits per heavy atom. The molecule has 3 heteroatoms. The Labute approximate surface area is 107 Å². The van der Waals surface area contributed by atoms with Gasteiger partial charge in [0.2, 0.25) is 0 Å². The van der Waals surface area contributed by atoms with Crippen molar-refractivity contribution >= 4 is 9.24 Å². The van der Waals surface area contributed by atoms with Crippen molar-refractivity contribution in [3.63, 3.8) is 0 Å². The Hall–Kier alpha value is -0.750. The summed E-state index contributed by atoms with van der Waals surface area (Å²) in [5.41, 5.74) is 2.33. The summed E-state index contributed by atoms with van der Waals surface area (Å²) in [4.78, 5) is 0. The second-order valence-electron chi connectivity index (χ2n) is 5.18. The van der Waals surface area contributed by atoms with Crippen LogP contribution in [0.15, 0.2) is 12.1 Å². The van der Waals surface area contributed by atoms with Gasteiger partial charge in [0.25, 0.3) is 0 Å². The SMILES string of the molecule is COc1cc(C(C)C)cc(OC)c1C(C)(C)P. The topological polar surface area (TPSA) is 18.5 Å². The first-order chi connectivity index (χ1) is 7.81. The maximum absolute atomic E-state index is 5.51. The van der Waals surface area contributed by atoms with E-state index in [0.29, 0.717) is 5.92 Å². The third kappa shape index (κ3) is 3.13. The van der Waals surface area contributed by atoms with E-state index in [1.54, 1.807) is 14.2 Å². The van der Waals surface area contributed by atoms with Crippen LogP contribution in [0.2, 0.25) is 0 Å². The summed E-state index contributed by atoms with van der Waals surface area (Å²) in [6.07, 6.45) is 0. The maximum Gasteiger partial charge on any atom is 0.126 e. The summed E-state index contributed by atoms with van der Waals surface area (Å²) in [6.45, 7) is 8.60. The van der Waals surface area contributed by atoms with Crippen LogP contribution in [0.5, 0.6) is 11.5 Å². The highest BCUT2D eigenvalue weighted by atomic mass is 31.0. The number of rotatable bonds is 4. The smallest absolute Gasteiger partial charge is 0.126 e. The van der Waals surface area contributed by atoms with E-state index in [9.17, 15) is 0 Å². The van der Waals surface area contributed by atoms with Gasteiger partial charge in [-0.15, -0.1) is 9.24 Å². The van der Waals surface area contributed by atoms with Crippen LogP contribution >= 0.6 is 9.24 Å². The standard InChI is InChI=1S/C14H23O2P/c1-9(2)10-7-11(15-5)13(14(3,4)17)12(8-10)16-6/h7-9H,17H2,1-6H3. The minimum atomic E-state index is -0.0772. The van der Waals surface area contributed by atoms with Crippen LogP contribution in [0.3, 0.4) is 0 Å². The molecule has 0 N–H and O–H groups in total. The van der Waals surface area contributed by atoms with Gasteiger partial charge in [0, 0.05) is 10.7 Å². The molecule has 0 aliphatic rings. The normalized spacial score (nSPS) is 11.8. The molecule has 1 aromatic carbocycles. The van der Waals surface area contributed by atoms with E-state index < -0.39 is 0 Å². The second-order valence-corrected chi connectivity index (χ2v) is 6.62. The average Bonchev–Trinajstić information content (AvgIpc) is 2.25. The van der Waals surface area contributed by atoms with Gasteiger partial charge < -0.3 is 9.47 Å². The van der Waals surface area contributed by atoms with Crippen molar-refractivity contribution in [3.05, 3.63) is 23.3 Å². The predicted octanol–water partition coefficient (Wildman–Crippen LogP) is 3.94. The molecule has 17 heavy (non-hydrogen) atoms. The van der Waals surface area contributed by atoms with Gasteiger partial charge in [0.15, 0.2) is 0 Å². The van der Waals surface area contributed by atoms with Crippen LogP contribution in [0.1, 0.15) is 44.7 Å². The number of methoxy groups -OCH3 is 2. The lowest BCUT2D eigenvalue weighted by atomic mass is 9.94. The summed E-state index contributed by atoms with van der Waals surface area (Å²) in [5.74, 6) is 2.25. The van der Waals surface area contributed by atoms with Crippen LogP contribution in [0.4, 0.5) is 0 Å². The molecular weight excluding hydrogens is 231 g/mol. The van der Waals surface area contributed by atoms with Gasteiger partial charge in [0.1, 0.15) is 11.5 Å². The maximum atomic E-state index is 5.51. The molecule has 96 valence electrons. The second kappa shape index (κ2) is 5.27. The van der Waals surface area contributed by atoms with E-state index >= 15 is 0 Å². The summed E-state index contributed by atoms with van der Waals surface area (Å²) >= 11 is 0. The highest BCUT2D eigenvalue weighted by Crippen LogP contribution is 2.44. The molecule has 0 amide bonds. The Balaban J connectivity index is 3.47. The molecule has 2 nitrogen and oxygen atoms in total. The van der Waals surface area contributed by atoms with E-state index in [0.717, 1.165) is 17.1 Å². The van der Waals surface area contributed by atoms with Crippen molar-refractivity contribution in [3.8, 4) is 11.5 Å². The van der Waals surface area contributed by atoms with Gasteiger partial charge in [-0.05, 0) is 23.6 Å². The first-order valence-electron chi connectivity index (χ1n) is 5.86. The lowest BCUT2D eigenvalue weighted by Crippen LogP contribution is -2.12. The number of benzene rings is 1. The molecule has 0 heterocycles. The van der Waals surface area contributed by atoms with Crippen LogP contribution in [0, 0.1) is 0 Å². The quantitative estimate of drug-likeness (QED) is 0.758. The molecular formula is C14H23O2P. The van der Waals surface area contributed by atoms with Crippen LogP contribution in [-0.4, -0.2) is 14.2 Å². The lowest BCUT2D eigenvalue weighted by molar-refractivity contribution is 0.377. The molecule has 0 fully saturated rings. The van der Waals surface area contributed by atoms with Gasteiger partial charge in [-0.3, -0.25) is 0 Å². The molecule has 0 aliphatic heterocycles. The third-order valence-electron chi connectivity index (χ3n) is 2.84. The van der Waals surface area contributed by atoms with E-state index in [2.05, 4.69) is 49.1 Å². The van der Waals surface area contributed by atoms with E-state index in [-0.39, 0.29) is 5.16 Å². The molecule has 1 rings (SSSR count). The van der Waals surface area contributed by atoms with Crippen molar-refractivity contribution in [2.24, 2.45) is 0 Å². The Morgan fingerprint density at radius 2 is 1.47 bits per heavy atom. The Morgan fingerprint density at radius 1 is 1.06 bits per heavy atom. The van der Waals surface area contributed by atoms with E-state index in [1.807, 2.05) is 0 Å². The minimum absolute atomic E-state index is 0.0772. The van der Waals surface area contributed by atoms with Crippen LogP contribution in [0.25, 0.3) is 0 Å². The fourth-order valence-electron chi connectivity index (χ4n) is 1.90. The van der Waals surface area contributed by atoms with E-state index in [4.69, 9.17) is 9.47 Å². The average molecular weight is 254 g/mol. The van der Waals surface area contributed by atoms with Gasteiger partial charge in [0.05, 0.1) is 14.2 Å². The lowest BCUT2D eigenvalue weighted by Gasteiger charge is -2.25. The number of ether oxygens (including phenoxy) is 2. The van der Waals surface area contributed by atoms with Gasteiger partial charge in [-0.1, -0.05) is 27.7 Å². The summed E-state index contributed by atoms with van der Waals surface area (Å²) in [7, 11) is 6.25. The molecule has 0 aliphatic carbocycles. The molecule has 1 aromatic rings. The summed E-state index contributed by atoms with van der Waals surface area (Å²) < 4.78 is 11.0. The zero-order valence-corrected chi connectivity index (χ0v) is 12.8. The van der Waals surface area contributed by atoms with Crippen LogP contribution < -0.4 is 9.47 Å². The molecule has 1 unspecified atom stereocenters. The summed E-state index contributed by atoms with van der Waals surface area (Å²) in [5, 5.41) is -0.0772. The molecule has 0 aromatic heterocycles. The molecule has 1 atom stereocenters. The molecule has 0 spiro atoms. The van der Waals surface area contributed by atoms with Gasteiger partial charge in [-0.2, -0.15) is 0 Å². The monoisotopic (exact) mass is 254 g/mol. The van der Waals surface area contributed by atoms with E-state index in [1.165, 1.54) is 5.56 Å². The van der Waals surface area contributed by atoms with Crippen molar-refractivity contribution in [2.45, 2.75) is 38.8 Å². The Kier molecular flexibility index (Phi) is 4.43. The highest BCUT2D eigenvalue weighted by Gasteiger charge is 2.25. The van der Waals surface area contributed by atoms with Crippen molar-refractivity contribution in [1.29, 1.82) is 0 Å². The van der Waals surface area contributed by atoms with Crippen LogP contribution in [-0.2, 0) is 5.16 Å². The first kappa shape index (κ1) is 14.3. The Bertz CT molecular complexity index is 367. The zero-order chi connectivity index (χ0) is 13.2. The molecule has 0 saturated heterocycles. The third-order valence-corrected chi connectivity index (χ3v) is 3.13. The van der Waals surface area contributed by atoms with Gasteiger partial charge >= 0.3 is 0 Å². The zero-order valence-electron chi connectivity index (χ0n) is 11.6. The molecule has 0 radical (unpaired) electrons. The molecule has 0 bridgehead atoms. The number of hydrogen-bond acceptors (Lipinski definition) is 2.